The van der Waals surface area contributed by atoms with Crippen molar-refractivity contribution in [3.05, 3.63) is 70.8 Å². The number of hydrogen-bond acceptors (Lipinski definition) is 4. The fraction of sp³-hybridized carbons (Fsp3) is 0.531. The Bertz CT molecular complexity index is 992. The SMILES string of the molecule is CCCCCCCCCCCCOc1cccc(CN(C(=O)NC)c2ccc(CN3C=C(C)SC3)cc2)c1. The van der Waals surface area contributed by atoms with E-state index in [-0.39, 0.29) is 6.03 Å². The largest absolute Gasteiger partial charge is 0.494 e. The zero-order valence-electron chi connectivity index (χ0n) is 23.7. The van der Waals surface area contributed by atoms with Crippen LogP contribution >= 0.6 is 11.8 Å². The number of nitrogens with zero attached hydrogens (tertiary/aromatic N) is 2. The maximum absolute atomic E-state index is 12.8. The highest BCUT2D eigenvalue weighted by Gasteiger charge is 2.16. The molecule has 2 amide bonds. The Morgan fingerprint density at radius 3 is 2.26 bits per heavy atom. The first-order chi connectivity index (χ1) is 18.6. The summed E-state index contributed by atoms with van der Waals surface area (Å²) in [5, 5.41) is 2.79. The number of unbranched alkanes of at least 4 members (excludes halogenated alkanes) is 9. The Balaban J connectivity index is 1.44. The summed E-state index contributed by atoms with van der Waals surface area (Å²) in [5.74, 6) is 1.87. The van der Waals surface area contributed by atoms with Gasteiger partial charge < -0.3 is 15.0 Å². The van der Waals surface area contributed by atoms with Crippen molar-refractivity contribution in [3.8, 4) is 5.75 Å². The topological polar surface area (TPSA) is 44.8 Å². The smallest absolute Gasteiger partial charge is 0.321 e. The van der Waals surface area contributed by atoms with Gasteiger partial charge >= 0.3 is 6.03 Å². The van der Waals surface area contributed by atoms with Crippen molar-refractivity contribution < 1.29 is 9.53 Å². The zero-order valence-corrected chi connectivity index (χ0v) is 24.5. The maximum Gasteiger partial charge on any atom is 0.321 e. The van der Waals surface area contributed by atoms with Crippen LogP contribution in [0.1, 0.15) is 89.2 Å². The summed E-state index contributed by atoms with van der Waals surface area (Å²) in [4.78, 5) is 18.2. The van der Waals surface area contributed by atoms with Gasteiger partial charge in [0.15, 0.2) is 0 Å². The van der Waals surface area contributed by atoms with Crippen LogP contribution in [0.15, 0.2) is 59.6 Å². The Morgan fingerprint density at radius 2 is 1.63 bits per heavy atom. The number of carbonyl (C=O) groups excluding carboxylic acids is 1. The summed E-state index contributed by atoms with van der Waals surface area (Å²) < 4.78 is 6.05. The fourth-order valence-electron chi connectivity index (χ4n) is 4.73. The summed E-state index contributed by atoms with van der Waals surface area (Å²) >= 11 is 1.87. The van der Waals surface area contributed by atoms with Crippen LogP contribution in [0.3, 0.4) is 0 Å². The van der Waals surface area contributed by atoms with E-state index in [0.29, 0.717) is 6.54 Å². The third-order valence-corrected chi connectivity index (χ3v) is 7.94. The molecule has 0 atom stereocenters. The minimum Gasteiger partial charge on any atom is -0.494 e. The lowest BCUT2D eigenvalue weighted by Gasteiger charge is -2.23. The lowest BCUT2D eigenvalue weighted by atomic mass is 10.1. The van der Waals surface area contributed by atoms with E-state index < -0.39 is 0 Å². The van der Waals surface area contributed by atoms with Crippen LogP contribution in [-0.4, -0.2) is 30.5 Å². The van der Waals surface area contributed by atoms with Crippen molar-refractivity contribution in [1.82, 2.24) is 10.2 Å². The van der Waals surface area contributed by atoms with Gasteiger partial charge in [0.2, 0.25) is 0 Å². The number of anilines is 1. The number of urea groups is 1. The van der Waals surface area contributed by atoms with Crippen molar-refractivity contribution in [3.63, 3.8) is 0 Å². The number of ether oxygens (including phenoxy) is 1. The number of thioether (sulfide) groups is 1. The summed E-state index contributed by atoms with van der Waals surface area (Å²) in [6.07, 6.45) is 15.4. The molecule has 0 spiro atoms. The van der Waals surface area contributed by atoms with Crippen LogP contribution in [0.5, 0.6) is 5.75 Å². The van der Waals surface area contributed by atoms with Crippen molar-refractivity contribution in [2.45, 2.75) is 91.1 Å². The van der Waals surface area contributed by atoms with E-state index in [9.17, 15) is 4.79 Å². The van der Waals surface area contributed by atoms with Gasteiger partial charge in [-0.05, 0) is 53.6 Å². The van der Waals surface area contributed by atoms with Gasteiger partial charge in [0.25, 0.3) is 0 Å². The molecule has 0 aliphatic carbocycles. The monoisotopic (exact) mass is 537 g/mol. The molecule has 1 aliphatic heterocycles. The molecule has 5 nitrogen and oxygen atoms in total. The third kappa shape index (κ3) is 10.6. The van der Waals surface area contributed by atoms with Crippen LogP contribution in [0.2, 0.25) is 0 Å². The van der Waals surface area contributed by atoms with E-state index in [2.05, 4.69) is 54.5 Å². The summed E-state index contributed by atoms with van der Waals surface area (Å²) in [6.45, 7) is 6.52. The van der Waals surface area contributed by atoms with E-state index in [0.717, 1.165) is 42.4 Å². The minimum absolute atomic E-state index is 0.121. The second-order valence-corrected chi connectivity index (χ2v) is 11.4. The number of nitrogens with one attached hydrogen (secondary N) is 1. The van der Waals surface area contributed by atoms with E-state index in [1.807, 2.05) is 36.0 Å². The van der Waals surface area contributed by atoms with Gasteiger partial charge in [0.05, 0.1) is 19.0 Å². The highest BCUT2D eigenvalue weighted by atomic mass is 32.2. The van der Waals surface area contributed by atoms with Gasteiger partial charge in [-0.15, -0.1) is 11.8 Å². The Hall–Kier alpha value is -2.60. The highest BCUT2D eigenvalue weighted by molar-refractivity contribution is 8.03. The van der Waals surface area contributed by atoms with Gasteiger partial charge in [0.1, 0.15) is 5.75 Å². The van der Waals surface area contributed by atoms with Gasteiger partial charge in [0, 0.05) is 25.5 Å². The first-order valence-corrected chi connectivity index (χ1v) is 15.4. The van der Waals surface area contributed by atoms with Crippen molar-refractivity contribution in [2.24, 2.45) is 0 Å². The molecule has 0 saturated carbocycles. The van der Waals surface area contributed by atoms with E-state index in [1.54, 1.807) is 11.9 Å². The molecule has 3 rings (SSSR count). The van der Waals surface area contributed by atoms with Crippen molar-refractivity contribution in [1.29, 1.82) is 0 Å². The van der Waals surface area contributed by atoms with Gasteiger partial charge in [-0.2, -0.15) is 0 Å². The molecule has 1 N–H and O–H groups in total. The Kier molecular flexibility index (Phi) is 13.5. The summed E-state index contributed by atoms with van der Waals surface area (Å²) in [5.41, 5.74) is 3.17. The van der Waals surface area contributed by atoms with Crippen LogP contribution < -0.4 is 15.0 Å². The number of hydrogen-bond donors (Lipinski definition) is 1. The number of benzene rings is 2. The van der Waals surface area contributed by atoms with Crippen LogP contribution in [0, 0.1) is 0 Å². The normalized spacial score (nSPS) is 12.9. The molecule has 208 valence electrons. The van der Waals surface area contributed by atoms with Gasteiger partial charge in [-0.25, -0.2) is 4.79 Å². The molecular weight excluding hydrogens is 490 g/mol. The summed E-state index contributed by atoms with van der Waals surface area (Å²) in [6, 6.07) is 16.3. The molecule has 0 bridgehead atoms. The zero-order chi connectivity index (χ0) is 27.0. The van der Waals surface area contributed by atoms with E-state index >= 15 is 0 Å². The molecule has 0 fully saturated rings. The van der Waals surface area contributed by atoms with Gasteiger partial charge in [-0.1, -0.05) is 89.0 Å². The predicted octanol–water partition coefficient (Wildman–Crippen LogP) is 8.70. The Morgan fingerprint density at radius 1 is 0.947 bits per heavy atom. The molecule has 2 aromatic rings. The molecule has 0 aromatic heterocycles. The van der Waals surface area contributed by atoms with E-state index in [1.165, 1.54) is 68.3 Å². The lowest BCUT2D eigenvalue weighted by molar-refractivity contribution is 0.248. The van der Waals surface area contributed by atoms with Crippen LogP contribution in [-0.2, 0) is 13.1 Å². The first-order valence-electron chi connectivity index (χ1n) is 14.4. The molecular formula is C32H47N3O2S. The van der Waals surface area contributed by atoms with Crippen LogP contribution in [0.4, 0.5) is 10.5 Å². The second kappa shape index (κ2) is 17.1. The fourth-order valence-corrected chi connectivity index (χ4v) is 5.49. The third-order valence-electron chi connectivity index (χ3n) is 6.92. The average Bonchev–Trinajstić information content (AvgIpc) is 3.35. The quantitative estimate of drug-likeness (QED) is 0.205. The molecule has 1 heterocycles. The molecule has 1 aliphatic rings. The molecule has 0 radical (unpaired) electrons. The standard InChI is InChI=1S/C32H47N3O2S/c1-4-5-6-7-8-9-10-11-12-13-21-37-31-16-14-15-29(22-31)25-35(32(36)33-3)30-19-17-28(18-20-30)24-34-23-27(2)38-26-34/h14-20,22-23H,4-13,21,24-26H2,1-3H3,(H,33,36). The molecule has 2 aromatic carbocycles. The summed E-state index contributed by atoms with van der Waals surface area (Å²) in [7, 11) is 1.68. The number of rotatable bonds is 17. The van der Waals surface area contributed by atoms with Crippen molar-refractivity contribution >= 4 is 23.5 Å². The predicted molar refractivity (Wildman–Crippen MR) is 163 cm³/mol. The number of allylic oxidation sites excluding steroid dienone is 1. The Labute approximate surface area is 235 Å². The van der Waals surface area contributed by atoms with Gasteiger partial charge in [-0.3, -0.25) is 4.90 Å². The number of amides is 2. The first kappa shape index (κ1) is 29.9. The molecule has 38 heavy (non-hydrogen) atoms. The second-order valence-electron chi connectivity index (χ2n) is 10.2. The van der Waals surface area contributed by atoms with E-state index in [4.69, 9.17) is 4.74 Å². The minimum atomic E-state index is -0.121. The molecule has 0 saturated heterocycles. The maximum atomic E-state index is 12.8. The lowest BCUT2D eigenvalue weighted by Crippen LogP contribution is -2.37. The number of carbonyl (C=O) groups is 1. The molecule has 6 heteroatoms. The highest BCUT2D eigenvalue weighted by Crippen LogP contribution is 2.27. The van der Waals surface area contributed by atoms with Crippen molar-refractivity contribution in [2.75, 3.05) is 24.4 Å². The molecule has 0 unspecified atom stereocenters. The van der Waals surface area contributed by atoms with Crippen LogP contribution in [0.25, 0.3) is 0 Å². The average molecular weight is 538 g/mol.